The number of hydrogen-bond acceptors (Lipinski definition) is 9. The second kappa shape index (κ2) is 9.55. The lowest BCUT2D eigenvalue weighted by Gasteiger charge is -2.35. The van der Waals surface area contributed by atoms with Gasteiger partial charge < -0.3 is 18.9 Å². The SMILES string of the molecule is COc1cccc(-c2noc(CSc3cc(N4CC(C)CC(C)C4)ncn3)n2)c1OC. The van der Waals surface area contributed by atoms with Crippen LogP contribution in [-0.4, -0.2) is 47.4 Å². The Morgan fingerprint density at radius 2 is 1.94 bits per heavy atom. The minimum absolute atomic E-state index is 0.464. The first-order valence-corrected chi connectivity index (χ1v) is 11.3. The van der Waals surface area contributed by atoms with E-state index in [-0.39, 0.29) is 0 Å². The van der Waals surface area contributed by atoms with E-state index in [0.29, 0.717) is 40.8 Å². The Labute approximate surface area is 186 Å². The van der Waals surface area contributed by atoms with Crippen molar-refractivity contribution in [2.45, 2.75) is 31.0 Å². The number of methoxy groups -OCH3 is 2. The maximum Gasteiger partial charge on any atom is 0.237 e. The highest BCUT2D eigenvalue weighted by Gasteiger charge is 2.23. The lowest BCUT2D eigenvalue weighted by atomic mass is 9.92. The zero-order chi connectivity index (χ0) is 21.8. The number of benzene rings is 1. The summed E-state index contributed by atoms with van der Waals surface area (Å²) in [5.41, 5.74) is 0.722. The number of anilines is 1. The fourth-order valence-electron chi connectivity index (χ4n) is 4.05. The van der Waals surface area contributed by atoms with Gasteiger partial charge in [-0.1, -0.05) is 36.8 Å². The van der Waals surface area contributed by atoms with Crippen LogP contribution in [0, 0.1) is 11.8 Å². The quantitative estimate of drug-likeness (QED) is 0.393. The standard InChI is InChI=1S/C22H27N5O3S/c1-14-8-15(2)11-27(10-14)18-9-20(24-13-23-18)31-12-19-25-22(26-30-19)16-6-5-7-17(28-3)21(16)29-4/h5-7,9,13-15H,8,10-12H2,1-4H3. The predicted octanol–water partition coefficient (Wildman–Crippen LogP) is 4.32. The highest BCUT2D eigenvalue weighted by Crippen LogP contribution is 2.36. The molecule has 164 valence electrons. The lowest BCUT2D eigenvalue weighted by Crippen LogP contribution is -2.39. The van der Waals surface area contributed by atoms with Gasteiger partial charge in [-0.05, 0) is 30.4 Å². The van der Waals surface area contributed by atoms with Crippen LogP contribution in [0.5, 0.6) is 11.5 Å². The Kier molecular flexibility index (Phi) is 6.60. The third kappa shape index (κ3) is 4.92. The van der Waals surface area contributed by atoms with E-state index in [1.807, 2.05) is 24.3 Å². The number of aromatic nitrogens is 4. The summed E-state index contributed by atoms with van der Waals surface area (Å²) in [6, 6.07) is 7.61. The van der Waals surface area contributed by atoms with E-state index >= 15 is 0 Å². The molecule has 3 aromatic rings. The molecule has 0 amide bonds. The van der Waals surface area contributed by atoms with Gasteiger partial charge in [-0.2, -0.15) is 4.98 Å². The summed E-state index contributed by atoms with van der Waals surface area (Å²) in [5, 5.41) is 5.00. The van der Waals surface area contributed by atoms with Crippen LogP contribution >= 0.6 is 11.8 Å². The van der Waals surface area contributed by atoms with E-state index in [0.717, 1.165) is 29.5 Å². The van der Waals surface area contributed by atoms with E-state index < -0.39 is 0 Å². The zero-order valence-electron chi connectivity index (χ0n) is 18.2. The summed E-state index contributed by atoms with van der Waals surface area (Å²) in [5.74, 6) is 5.01. The molecule has 31 heavy (non-hydrogen) atoms. The van der Waals surface area contributed by atoms with Gasteiger partial charge in [-0.15, -0.1) is 0 Å². The molecule has 1 saturated heterocycles. The molecule has 1 aliphatic heterocycles. The molecule has 9 heteroatoms. The van der Waals surface area contributed by atoms with Crippen molar-refractivity contribution in [2.24, 2.45) is 11.8 Å². The first kappa shape index (κ1) is 21.4. The molecule has 4 rings (SSSR count). The maximum absolute atomic E-state index is 5.47. The number of thioether (sulfide) groups is 1. The molecule has 0 saturated carbocycles. The van der Waals surface area contributed by atoms with Gasteiger partial charge in [0.1, 0.15) is 17.2 Å². The van der Waals surface area contributed by atoms with Gasteiger partial charge >= 0.3 is 0 Å². The van der Waals surface area contributed by atoms with Gasteiger partial charge in [-0.3, -0.25) is 0 Å². The van der Waals surface area contributed by atoms with Crippen molar-refractivity contribution in [1.82, 2.24) is 20.1 Å². The minimum atomic E-state index is 0.464. The van der Waals surface area contributed by atoms with Gasteiger partial charge in [0, 0.05) is 19.2 Å². The van der Waals surface area contributed by atoms with Crippen LogP contribution in [0.3, 0.4) is 0 Å². The molecule has 2 atom stereocenters. The maximum atomic E-state index is 5.47. The molecule has 2 aromatic heterocycles. The molecule has 2 unspecified atom stereocenters. The second-order valence-corrected chi connectivity index (χ2v) is 8.90. The summed E-state index contributed by atoms with van der Waals surface area (Å²) in [6.07, 6.45) is 2.89. The van der Waals surface area contributed by atoms with Crippen molar-refractivity contribution in [1.29, 1.82) is 0 Å². The average molecular weight is 442 g/mol. The number of rotatable bonds is 7. The number of ether oxygens (including phenoxy) is 2. The summed E-state index contributed by atoms with van der Waals surface area (Å²) >= 11 is 1.55. The molecule has 0 N–H and O–H groups in total. The average Bonchev–Trinajstić information content (AvgIpc) is 3.25. The van der Waals surface area contributed by atoms with Gasteiger partial charge in [0.15, 0.2) is 11.5 Å². The molecule has 0 radical (unpaired) electrons. The smallest absolute Gasteiger partial charge is 0.237 e. The topological polar surface area (TPSA) is 86.4 Å². The number of piperidine rings is 1. The molecule has 0 aliphatic carbocycles. The van der Waals surface area contributed by atoms with E-state index in [2.05, 4.69) is 38.9 Å². The summed E-state index contributed by atoms with van der Waals surface area (Å²) in [6.45, 7) is 6.65. The van der Waals surface area contributed by atoms with Crippen molar-refractivity contribution in [3.8, 4) is 22.9 Å². The van der Waals surface area contributed by atoms with Crippen molar-refractivity contribution in [3.63, 3.8) is 0 Å². The fourth-order valence-corrected chi connectivity index (χ4v) is 4.75. The van der Waals surface area contributed by atoms with Crippen molar-refractivity contribution in [3.05, 3.63) is 36.5 Å². The Bertz CT molecular complexity index is 1020. The Hall–Kier alpha value is -2.81. The van der Waals surface area contributed by atoms with E-state index in [1.54, 1.807) is 32.3 Å². The molecule has 8 nitrogen and oxygen atoms in total. The van der Waals surface area contributed by atoms with Crippen molar-refractivity contribution in [2.75, 3.05) is 32.2 Å². The van der Waals surface area contributed by atoms with E-state index in [9.17, 15) is 0 Å². The molecule has 1 aromatic carbocycles. The largest absolute Gasteiger partial charge is 0.493 e. The Morgan fingerprint density at radius 1 is 1.13 bits per heavy atom. The van der Waals surface area contributed by atoms with Crippen LogP contribution in [0.4, 0.5) is 5.82 Å². The number of nitrogens with zero attached hydrogens (tertiary/aromatic N) is 5. The van der Waals surface area contributed by atoms with Crippen molar-refractivity contribution < 1.29 is 14.0 Å². The molecular weight excluding hydrogens is 414 g/mol. The van der Waals surface area contributed by atoms with Gasteiger partial charge in [-0.25, -0.2) is 9.97 Å². The van der Waals surface area contributed by atoms with E-state index in [1.165, 1.54) is 6.42 Å². The van der Waals surface area contributed by atoms with Gasteiger partial charge in [0.2, 0.25) is 11.7 Å². The molecule has 0 bridgehead atoms. The van der Waals surface area contributed by atoms with Crippen molar-refractivity contribution >= 4 is 17.6 Å². The van der Waals surface area contributed by atoms with Gasteiger partial charge in [0.25, 0.3) is 0 Å². The molecule has 0 spiro atoms. The third-order valence-corrected chi connectivity index (χ3v) is 6.19. The van der Waals surface area contributed by atoms with E-state index in [4.69, 9.17) is 14.0 Å². The zero-order valence-corrected chi connectivity index (χ0v) is 19.1. The molecule has 1 fully saturated rings. The Balaban J connectivity index is 1.45. The summed E-state index contributed by atoms with van der Waals surface area (Å²) in [4.78, 5) is 15.8. The summed E-state index contributed by atoms with van der Waals surface area (Å²) in [7, 11) is 3.19. The van der Waals surface area contributed by atoms with Crippen LogP contribution in [-0.2, 0) is 5.75 Å². The Morgan fingerprint density at radius 3 is 2.68 bits per heavy atom. The fraction of sp³-hybridized carbons (Fsp3) is 0.455. The highest BCUT2D eigenvalue weighted by atomic mass is 32.2. The normalized spacial score (nSPS) is 18.8. The first-order chi connectivity index (χ1) is 15.1. The van der Waals surface area contributed by atoms with Crippen LogP contribution in [0.25, 0.3) is 11.4 Å². The lowest BCUT2D eigenvalue weighted by molar-refractivity contribution is 0.355. The highest BCUT2D eigenvalue weighted by molar-refractivity contribution is 7.98. The predicted molar refractivity (Wildman–Crippen MR) is 120 cm³/mol. The summed E-state index contributed by atoms with van der Waals surface area (Å²) < 4.78 is 16.3. The molecule has 3 heterocycles. The minimum Gasteiger partial charge on any atom is -0.493 e. The number of hydrogen-bond donors (Lipinski definition) is 0. The second-order valence-electron chi connectivity index (χ2n) is 7.91. The molecular formula is C22H27N5O3S. The monoisotopic (exact) mass is 441 g/mol. The third-order valence-electron chi connectivity index (χ3n) is 5.28. The van der Waals surface area contributed by atoms with Crippen LogP contribution in [0.15, 0.2) is 40.1 Å². The molecule has 1 aliphatic rings. The van der Waals surface area contributed by atoms with Crippen LogP contribution in [0.1, 0.15) is 26.2 Å². The van der Waals surface area contributed by atoms with Crippen LogP contribution < -0.4 is 14.4 Å². The van der Waals surface area contributed by atoms with Gasteiger partial charge in [0.05, 0.1) is 25.5 Å². The number of para-hydroxylation sites is 1. The van der Waals surface area contributed by atoms with Crippen LogP contribution in [0.2, 0.25) is 0 Å². The first-order valence-electron chi connectivity index (χ1n) is 10.3.